The Labute approximate surface area is 221 Å². The minimum absolute atomic E-state index is 0.0241. The Balaban J connectivity index is 1.46. The molecule has 4 aromatic rings. The van der Waals surface area contributed by atoms with Crippen LogP contribution in [0.5, 0.6) is 0 Å². The number of aromatic nitrogens is 1. The predicted molar refractivity (Wildman–Crippen MR) is 150 cm³/mol. The summed E-state index contributed by atoms with van der Waals surface area (Å²) in [5, 5.41) is 1.51. The van der Waals surface area contributed by atoms with E-state index >= 15 is 0 Å². The van der Waals surface area contributed by atoms with Gasteiger partial charge in [-0.15, -0.1) is 11.3 Å². The van der Waals surface area contributed by atoms with Gasteiger partial charge in [0.15, 0.2) is 0 Å². The number of amides is 1. The van der Waals surface area contributed by atoms with Gasteiger partial charge in [-0.05, 0) is 72.8 Å². The molecule has 1 aliphatic rings. The molecule has 0 unspecified atom stereocenters. The number of rotatable bonds is 7. The molecule has 0 saturated heterocycles. The highest BCUT2D eigenvalue weighted by Crippen LogP contribution is 2.38. The Morgan fingerprint density at radius 2 is 1.75 bits per heavy atom. The summed E-state index contributed by atoms with van der Waals surface area (Å²) in [5.74, 6) is 0.0241. The van der Waals surface area contributed by atoms with Crippen molar-refractivity contribution in [2.24, 2.45) is 0 Å². The van der Waals surface area contributed by atoms with Gasteiger partial charge < -0.3 is 9.80 Å². The molecule has 1 fully saturated rings. The monoisotopic (exact) mass is 515 g/mol. The Bertz CT molecular complexity index is 1360. The second-order valence-corrected chi connectivity index (χ2v) is 10.9. The number of halogens is 1. The molecule has 184 valence electrons. The molecule has 1 aliphatic carbocycles. The van der Waals surface area contributed by atoms with Crippen molar-refractivity contribution in [3.8, 4) is 11.1 Å². The van der Waals surface area contributed by atoms with E-state index in [1.54, 1.807) is 12.4 Å². The number of hydrogen-bond acceptors (Lipinski definition) is 4. The normalized spacial score (nSPS) is 17.6. The molecule has 6 heteroatoms. The molecule has 0 bridgehead atoms. The van der Waals surface area contributed by atoms with E-state index in [0.717, 1.165) is 52.5 Å². The first-order valence-corrected chi connectivity index (χ1v) is 13.6. The smallest absolute Gasteiger partial charge is 0.266 e. The molecule has 1 saturated carbocycles. The van der Waals surface area contributed by atoms with Gasteiger partial charge in [0.05, 0.1) is 5.02 Å². The first-order valence-electron chi connectivity index (χ1n) is 12.4. The van der Waals surface area contributed by atoms with Crippen LogP contribution in [0, 0.1) is 0 Å². The summed E-state index contributed by atoms with van der Waals surface area (Å²) in [5.41, 5.74) is 3.35. The number of benzene rings is 2. The second kappa shape index (κ2) is 10.9. The molecule has 2 heterocycles. The molecule has 36 heavy (non-hydrogen) atoms. The quantitative estimate of drug-likeness (QED) is 0.253. The topological polar surface area (TPSA) is 36.4 Å². The minimum atomic E-state index is 0.0241. The van der Waals surface area contributed by atoms with Crippen molar-refractivity contribution in [1.29, 1.82) is 0 Å². The van der Waals surface area contributed by atoms with E-state index in [1.165, 1.54) is 11.3 Å². The van der Waals surface area contributed by atoms with Gasteiger partial charge in [-0.25, -0.2) is 0 Å². The van der Waals surface area contributed by atoms with Crippen LogP contribution in [-0.2, 0) is 6.54 Å². The molecule has 5 rings (SSSR count). The van der Waals surface area contributed by atoms with Crippen molar-refractivity contribution in [3.05, 3.63) is 101 Å². The Morgan fingerprint density at radius 1 is 1.03 bits per heavy atom. The van der Waals surface area contributed by atoms with Crippen molar-refractivity contribution in [2.45, 2.75) is 44.3 Å². The zero-order valence-corrected chi connectivity index (χ0v) is 22.0. The fraction of sp³-hybridized carbons (Fsp3) is 0.267. The first kappa shape index (κ1) is 24.5. The van der Waals surface area contributed by atoms with E-state index in [9.17, 15) is 4.79 Å². The average Bonchev–Trinajstić information content (AvgIpc) is 3.28. The molecule has 0 radical (unpaired) electrons. The molecule has 4 nitrogen and oxygen atoms in total. The zero-order valence-electron chi connectivity index (χ0n) is 20.4. The predicted octanol–water partition coefficient (Wildman–Crippen LogP) is 7.65. The van der Waals surface area contributed by atoms with Crippen molar-refractivity contribution in [2.75, 3.05) is 7.05 Å². The van der Waals surface area contributed by atoms with Crippen LogP contribution in [0.4, 0.5) is 0 Å². The van der Waals surface area contributed by atoms with E-state index in [0.29, 0.717) is 22.5 Å². The molecule has 0 N–H and O–H groups in total. The maximum absolute atomic E-state index is 14.1. The number of pyridine rings is 1. The summed E-state index contributed by atoms with van der Waals surface area (Å²) in [6, 6.07) is 21.1. The van der Waals surface area contributed by atoms with E-state index in [-0.39, 0.29) is 11.9 Å². The van der Waals surface area contributed by atoms with Crippen molar-refractivity contribution < 1.29 is 4.79 Å². The number of hydrogen-bond donors (Lipinski definition) is 0. The maximum atomic E-state index is 14.1. The minimum Gasteiger partial charge on any atom is -0.378 e. The fourth-order valence-corrected chi connectivity index (χ4v) is 6.63. The SMILES string of the molecule is C=CN(C)C1CCC(N(Cc2cccc(-c3ccncc3)c2)C(=O)c2sc3ccccc3c2Cl)CC1. The van der Waals surface area contributed by atoms with E-state index in [2.05, 4.69) is 52.7 Å². The first-order chi connectivity index (χ1) is 17.5. The number of carbonyl (C=O) groups excluding carboxylic acids is 1. The molecular weight excluding hydrogens is 486 g/mol. The van der Waals surface area contributed by atoms with Gasteiger partial charge in [-0.1, -0.05) is 54.6 Å². The lowest BCUT2D eigenvalue weighted by Gasteiger charge is -2.39. The summed E-state index contributed by atoms with van der Waals surface area (Å²) in [6.07, 6.45) is 9.50. The van der Waals surface area contributed by atoms with Crippen LogP contribution in [0.3, 0.4) is 0 Å². The van der Waals surface area contributed by atoms with E-state index in [1.807, 2.05) is 42.6 Å². The molecule has 2 aromatic heterocycles. The lowest BCUT2D eigenvalue weighted by Crippen LogP contribution is -2.44. The van der Waals surface area contributed by atoms with Crippen LogP contribution >= 0.6 is 22.9 Å². The molecule has 0 atom stereocenters. The van der Waals surface area contributed by atoms with Gasteiger partial charge in [0.1, 0.15) is 4.88 Å². The number of fused-ring (bicyclic) bond motifs is 1. The van der Waals surface area contributed by atoms with Gasteiger partial charge in [0, 0.05) is 48.2 Å². The number of thiophene rings is 1. The standard InChI is InChI=1S/C30H30ClN3OS/c1-3-33(2)24-11-13-25(14-12-24)34(30(35)29-28(31)26-9-4-5-10-27(26)36-29)20-21-7-6-8-23(19-21)22-15-17-32-18-16-22/h3-10,15-19,24-25H,1,11-14,20H2,2H3. The van der Waals surface area contributed by atoms with Crippen molar-refractivity contribution in [1.82, 2.24) is 14.8 Å². The van der Waals surface area contributed by atoms with Crippen LogP contribution in [0.1, 0.15) is 40.9 Å². The van der Waals surface area contributed by atoms with Crippen molar-refractivity contribution in [3.63, 3.8) is 0 Å². The highest BCUT2D eigenvalue weighted by molar-refractivity contribution is 7.21. The van der Waals surface area contributed by atoms with E-state index < -0.39 is 0 Å². The molecule has 0 spiro atoms. The highest BCUT2D eigenvalue weighted by atomic mass is 35.5. The summed E-state index contributed by atoms with van der Waals surface area (Å²) in [6.45, 7) is 4.47. The van der Waals surface area contributed by atoms with Crippen LogP contribution in [0.15, 0.2) is 85.8 Å². The summed E-state index contributed by atoms with van der Waals surface area (Å²) >= 11 is 8.26. The lowest BCUT2D eigenvalue weighted by molar-refractivity contribution is 0.0582. The molecule has 2 aromatic carbocycles. The van der Waals surface area contributed by atoms with Gasteiger partial charge in [-0.2, -0.15) is 0 Å². The highest BCUT2D eigenvalue weighted by Gasteiger charge is 2.32. The molecular formula is C30H30ClN3OS. The number of carbonyl (C=O) groups is 1. The Hall–Kier alpha value is -3.15. The molecule has 1 amide bonds. The van der Waals surface area contributed by atoms with Crippen LogP contribution in [0.2, 0.25) is 5.02 Å². The largest absolute Gasteiger partial charge is 0.378 e. The third kappa shape index (κ3) is 5.04. The Morgan fingerprint density at radius 3 is 2.47 bits per heavy atom. The summed E-state index contributed by atoms with van der Waals surface area (Å²) in [4.78, 5) is 23.1. The Kier molecular flexibility index (Phi) is 7.40. The second-order valence-electron chi connectivity index (χ2n) is 9.42. The molecule has 0 aliphatic heterocycles. The van der Waals surface area contributed by atoms with Gasteiger partial charge >= 0.3 is 0 Å². The van der Waals surface area contributed by atoms with Gasteiger partial charge in [0.2, 0.25) is 0 Å². The van der Waals surface area contributed by atoms with Crippen LogP contribution in [0.25, 0.3) is 21.2 Å². The maximum Gasteiger partial charge on any atom is 0.266 e. The number of nitrogens with zero attached hydrogens (tertiary/aromatic N) is 3. The third-order valence-corrected chi connectivity index (χ3v) is 8.92. The van der Waals surface area contributed by atoms with Gasteiger partial charge in [-0.3, -0.25) is 9.78 Å². The zero-order chi connectivity index (χ0) is 25.1. The average molecular weight is 516 g/mol. The van der Waals surface area contributed by atoms with Crippen LogP contribution < -0.4 is 0 Å². The lowest BCUT2D eigenvalue weighted by atomic mass is 9.89. The summed E-state index contributed by atoms with van der Waals surface area (Å²) < 4.78 is 1.04. The van der Waals surface area contributed by atoms with Gasteiger partial charge in [0.25, 0.3) is 5.91 Å². The summed E-state index contributed by atoms with van der Waals surface area (Å²) in [7, 11) is 2.09. The fourth-order valence-electron chi connectivity index (χ4n) is 5.17. The van der Waals surface area contributed by atoms with Crippen molar-refractivity contribution >= 4 is 38.9 Å². The van der Waals surface area contributed by atoms with E-state index in [4.69, 9.17) is 11.6 Å². The van der Waals surface area contributed by atoms with Crippen LogP contribution in [-0.4, -0.2) is 39.8 Å². The third-order valence-electron chi connectivity index (χ3n) is 7.25.